The van der Waals surface area contributed by atoms with E-state index in [1.54, 1.807) is 0 Å². The smallest absolute Gasteiger partial charge is 0.0278 e. The van der Waals surface area contributed by atoms with Crippen LogP contribution in [0.4, 0.5) is 0 Å². The highest BCUT2D eigenvalue weighted by molar-refractivity contribution is 4.92. The van der Waals surface area contributed by atoms with Gasteiger partial charge in [0.15, 0.2) is 0 Å². The minimum atomic E-state index is 0.340. The summed E-state index contributed by atoms with van der Waals surface area (Å²) in [4.78, 5) is 2.75. The van der Waals surface area contributed by atoms with Crippen LogP contribution in [-0.4, -0.2) is 36.1 Å². The van der Waals surface area contributed by atoms with Crippen LogP contribution in [0, 0.1) is 11.8 Å². The van der Waals surface area contributed by atoms with Gasteiger partial charge in [0.25, 0.3) is 0 Å². The van der Waals surface area contributed by atoms with E-state index in [9.17, 15) is 0 Å². The molecule has 0 unspecified atom stereocenters. The molecule has 2 nitrogen and oxygen atoms in total. The van der Waals surface area contributed by atoms with Crippen molar-refractivity contribution in [2.24, 2.45) is 11.8 Å². The zero-order valence-corrected chi connectivity index (χ0v) is 13.5. The Morgan fingerprint density at radius 1 is 1.11 bits per heavy atom. The second-order valence-corrected chi connectivity index (χ2v) is 7.67. The summed E-state index contributed by atoms with van der Waals surface area (Å²) in [6, 6.07) is 0.657. The third kappa shape index (κ3) is 4.19. The van der Waals surface area contributed by atoms with Gasteiger partial charge in [-0.25, -0.2) is 0 Å². The minimum Gasteiger partial charge on any atom is -0.311 e. The van der Waals surface area contributed by atoms with E-state index in [0.717, 1.165) is 18.4 Å². The van der Waals surface area contributed by atoms with Gasteiger partial charge in [0.05, 0.1) is 0 Å². The maximum atomic E-state index is 3.62. The normalized spacial score (nSPS) is 36.3. The first-order chi connectivity index (χ1) is 9.01. The lowest BCUT2D eigenvalue weighted by Crippen LogP contribution is -2.62. The number of nitrogens with zero attached hydrogens (tertiary/aromatic N) is 1. The Morgan fingerprint density at radius 2 is 1.74 bits per heavy atom. The van der Waals surface area contributed by atoms with E-state index >= 15 is 0 Å². The third-order valence-electron chi connectivity index (χ3n) is 5.38. The van der Waals surface area contributed by atoms with Gasteiger partial charge in [-0.05, 0) is 45.4 Å². The second kappa shape index (κ2) is 6.58. The molecular weight excluding hydrogens is 232 g/mol. The predicted octanol–water partition coefficient (Wildman–Crippen LogP) is 3.67. The zero-order valence-electron chi connectivity index (χ0n) is 13.5. The van der Waals surface area contributed by atoms with Gasteiger partial charge in [-0.3, -0.25) is 4.90 Å². The Balaban J connectivity index is 1.81. The summed E-state index contributed by atoms with van der Waals surface area (Å²) in [6.45, 7) is 13.1. The van der Waals surface area contributed by atoms with Crippen molar-refractivity contribution in [3.05, 3.63) is 0 Å². The molecule has 1 aliphatic carbocycles. The average Bonchev–Trinajstić information content (AvgIpc) is 2.37. The maximum absolute atomic E-state index is 3.62. The van der Waals surface area contributed by atoms with Gasteiger partial charge in [0.2, 0.25) is 0 Å². The molecule has 2 fully saturated rings. The van der Waals surface area contributed by atoms with Crippen LogP contribution < -0.4 is 5.32 Å². The molecule has 2 heteroatoms. The summed E-state index contributed by atoms with van der Waals surface area (Å²) in [7, 11) is 0. The lowest BCUT2D eigenvalue weighted by atomic mass is 9.79. The van der Waals surface area contributed by atoms with E-state index in [0.29, 0.717) is 11.6 Å². The van der Waals surface area contributed by atoms with Gasteiger partial charge in [-0.1, -0.05) is 32.6 Å². The fraction of sp³-hybridized carbons (Fsp3) is 1.00. The lowest BCUT2D eigenvalue weighted by Gasteiger charge is -2.47. The molecule has 112 valence electrons. The lowest BCUT2D eigenvalue weighted by molar-refractivity contribution is 0.0444. The van der Waals surface area contributed by atoms with E-state index in [1.807, 2.05) is 0 Å². The summed E-state index contributed by atoms with van der Waals surface area (Å²) in [5.41, 5.74) is 0.340. The van der Waals surface area contributed by atoms with Crippen molar-refractivity contribution in [3.63, 3.8) is 0 Å². The number of hydrogen-bond acceptors (Lipinski definition) is 2. The molecule has 0 aromatic heterocycles. The zero-order chi connectivity index (χ0) is 13.9. The SMILES string of the molecule is CCCC1CCC(CN2C[C@@H](C)NCC2(C)C)CC1. The highest BCUT2D eigenvalue weighted by Crippen LogP contribution is 2.33. The summed E-state index contributed by atoms with van der Waals surface area (Å²) >= 11 is 0. The van der Waals surface area contributed by atoms with Crippen LogP contribution in [0.3, 0.4) is 0 Å². The maximum Gasteiger partial charge on any atom is 0.0278 e. The molecule has 2 rings (SSSR count). The van der Waals surface area contributed by atoms with Crippen LogP contribution in [-0.2, 0) is 0 Å². The molecule has 19 heavy (non-hydrogen) atoms. The quantitative estimate of drug-likeness (QED) is 0.835. The van der Waals surface area contributed by atoms with Gasteiger partial charge < -0.3 is 5.32 Å². The Morgan fingerprint density at radius 3 is 2.37 bits per heavy atom. The monoisotopic (exact) mass is 266 g/mol. The van der Waals surface area contributed by atoms with Crippen molar-refractivity contribution in [1.82, 2.24) is 10.2 Å². The molecule has 0 radical (unpaired) electrons. The highest BCUT2D eigenvalue weighted by Gasteiger charge is 2.34. The molecule has 1 atom stereocenters. The highest BCUT2D eigenvalue weighted by atomic mass is 15.3. The van der Waals surface area contributed by atoms with Gasteiger partial charge in [0.1, 0.15) is 0 Å². The Bertz CT molecular complexity index is 266. The first kappa shape index (κ1) is 15.3. The van der Waals surface area contributed by atoms with Gasteiger partial charge >= 0.3 is 0 Å². The Hall–Kier alpha value is -0.0800. The molecule has 2 aliphatic rings. The molecule has 0 bridgehead atoms. The van der Waals surface area contributed by atoms with Crippen molar-refractivity contribution in [1.29, 1.82) is 0 Å². The molecule has 1 N–H and O–H groups in total. The fourth-order valence-corrected chi connectivity index (χ4v) is 3.92. The van der Waals surface area contributed by atoms with Crippen LogP contribution in [0.25, 0.3) is 0 Å². The number of hydrogen-bond donors (Lipinski definition) is 1. The van der Waals surface area contributed by atoms with Crippen LogP contribution in [0.2, 0.25) is 0 Å². The van der Waals surface area contributed by atoms with Crippen LogP contribution in [0.5, 0.6) is 0 Å². The van der Waals surface area contributed by atoms with Crippen molar-refractivity contribution in [2.45, 2.75) is 77.8 Å². The van der Waals surface area contributed by atoms with Crippen LogP contribution >= 0.6 is 0 Å². The van der Waals surface area contributed by atoms with Gasteiger partial charge in [-0.2, -0.15) is 0 Å². The summed E-state index contributed by atoms with van der Waals surface area (Å²) < 4.78 is 0. The number of nitrogens with one attached hydrogen (secondary N) is 1. The third-order valence-corrected chi connectivity index (χ3v) is 5.38. The molecule has 1 saturated carbocycles. The first-order valence-electron chi connectivity index (χ1n) is 8.49. The Kier molecular flexibility index (Phi) is 5.30. The van der Waals surface area contributed by atoms with Crippen molar-refractivity contribution in [2.75, 3.05) is 19.6 Å². The average molecular weight is 266 g/mol. The topological polar surface area (TPSA) is 15.3 Å². The fourth-order valence-electron chi connectivity index (χ4n) is 3.92. The summed E-state index contributed by atoms with van der Waals surface area (Å²) in [6.07, 6.45) is 8.75. The van der Waals surface area contributed by atoms with Gasteiger partial charge in [-0.15, -0.1) is 0 Å². The van der Waals surface area contributed by atoms with E-state index in [4.69, 9.17) is 0 Å². The first-order valence-corrected chi connectivity index (χ1v) is 8.49. The molecule has 0 aromatic rings. The van der Waals surface area contributed by atoms with E-state index < -0.39 is 0 Å². The summed E-state index contributed by atoms with van der Waals surface area (Å²) in [5, 5.41) is 3.62. The minimum absolute atomic E-state index is 0.340. The molecule has 0 spiro atoms. The molecular formula is C17H34N2. The number of rotatable bonds is 4. The molecule has 0 aromatic carbocycles. The van der Waals surface area contributed by atoms with Crippen LogP contribution in [0.15, 0.2) is 0 Å². The largest absolute Gasteiger partial charge is 0.311 e. The number of piperazine rings is 1. The Labute approximate surface area is 120 Å². The van der Waals surface area contributed by atoms with E-state index in [-0.39, 0.29) is 0 Å². The standard InChI is InChI=1S/C17H34N2/c1-5-6-15-7-9-16(10-8-15)12-19-11-14(2)18-13-17(19,3)4/h14-16,18H,5-13H2,1-4H3/t14-,15?,16?/m1/s1. The molecule has 1 saturated heterocycles. The van der Waals surface area contributed by atoms with Crippen molar-refractivity contribution >= 4 is 0 Å². The summed E-state index contributed by atoms with van der Waals surface area (Å²) in [5.74, 6) is 1.99. The molecule has 0 amide bonds. The molecule has 1 aliphatic heterocycles. The predicted molar refractivity (Wildman–Crippen MR) is 83.5 cm³/mol. The van der Waals surface area contributed by atoms with Crippen molar-refractivity contribution in [3.8, 4) is 0 Å². The van der Waals surface area contributed by atoms with Gasteiger partial charge in [0, 0.05) is 31.2 Å². The second-order valence-electron chi connectivity index (χ2n) is 7.67. The van der Waals surface area contributed by atoms with Crippen LogP contribution in [0.1, 0.15) is 66.2 Å². The van der Waals surface area contributed by atoms with Crippen molar-refractivity contribution < 1.29 is 0 Å². The van der Waals surface area contributed by atoms with E-state index in [2.05, 4.69) is 37.9 Å². The molecule has 1 heterocycles. The van der Waals surface area contributed by atoms with E-state index in [1.165, 1.54) is 51.6 Å².